The normalized spacial score (nSPS) is 15.0. The molecule has 0 heterocycles. The second-order valence-electron chi connectivity index (χ2n) is 8.37. The average molecular weight is 445 g/mol. The van der Waals surface area contributed by atoms with E-state index in [9.17, 15) is 29.7 Å². The van der Waals surface area contributed by atoms with Gasteiger partial charge in [-0.05, 0) is 19.8 Å². The van der Waals surface area contributed by atoms with Crippen molar-refractivity contribution in [1.82, 2.24) is 10.6 Å². The van der Waals surface area contributed by atoms with Gasteiger partial charge in [-0.1, -0.05) is 78.1 Å². The molecule has 8 nitrogen and oxygen atoms in total. The van der Waals surface area contributed by atoms with Crippen LogP contribution in [0.5, 0.6) is 0 Å². The number of aliphatic carboxylic acids is 1. The second kappa shape index (κ2) is 18.0. The lowest BCUT2D eigenvalue weighted by Crippen LogP contribution is -2.58. The fourth-order valence-corrected chi connectivity index (χ4v) is 3.40. The molecule has 0 fully saturated rings. The summed E-state index contributed by atoms with van der Waals surface area (Å²) in [5, 5.41) is 33.5. The molecular weight excluding hydrogens is 400 g/mol. The first-order chi connectivity index (χ1) is 14.7. The van der Waals surface area contributed by atoms with Crippen LogP contribution in [0.25, 0.3) is 0 Å². The van der Waals surface area contributed by atoms with E-state index in [4.69, 9.17) is 0 Å². The van der Waals surface area contributed by atoms with E-state index in [-0.39, 0.29) is 18.7 Å². The van der Waals surface area contributed by atoms with Crippen molar-refractivity contribution in [3.8, 4) is 0 Å². The third-order valence-corrected chi connectivity index (χ3v) is 5.46. The number of carboxylic acid groups (broad SMARTS) is 1. The highest BCUT2D eigenvalue weighted by atomic mass is 16.4. The highest BCUT2D eigenvalue weighted by molar-refractivity contribution is 5.91. The third-order valence-electron chi connectivity index (χ3n) is 5.46. The maximum absolute atomic E-state index is 12.4. The number of amides is 2. The molecule has 0 aliphatic carbocycles. The van der Waals surface area contributed by atoms with Gasteiger partial charge in [-0.2, -0.15) is 0 Å². The fourth-order valence-electron chi connectivity index (χ4n) is 3.40. The van der Waals surface area contributed by atoms with E-state index < -0.39 is 36.2 Å². The maximum Gasteiger partial charge on any atom is 0.328 e. The summed E-state index contributed by atoms with van der Waals surface area (Å²) < 4.78 is 0. The Balaban J connectivity index is 4.18. The van der Waals surface area contributed by atoms with E-state index in [1.165, 1.54) is 51.9 Å². The molecule has 0 saturated carbocycles. The maximum atomic E-state index is 12.4. The Labute approximate surface area is 187 Å². The van der Waals surface area contributed by atoms with Crippen molar-refractivity contribution in [2.24, 2.45) is 0 Å². The largest absolute Gasteiger partial charge is 0.480 e. The van der Waals surface area contributed by atoms with Crippen LogP contribution in [0, 0.1) is 0 Å². The topological polar surface area (TPSA) is 136 Å². The number of aliphatic hydroxyl groups is 2. The molecule has 2 amide bonds. The molecule has 0 spiro atoms. The molecule has 0 aromatic heterocycles. The van der Waals surface area contributed by atoms with Crippen LogP contribution in [0.3, 0.4) is 0 Å². The summed E-state index contributed by atoms with van der Waals surface area (Å²) in [5.41, 5.74) is 0. The number of hydrogen-bond acceptors (Lipinski definition) is 5. The van der Waals surface area contributed by atoms with Gasteiger partial charge in [0, 0.05) is 6.42 Å². The van der Waals surface area contributed by atoms with Crippen LogP contribution in [0.2, 0.25) is 0 Å². The molecule has 182 valence electrons. The highest BCUT2D eigenvalue weighted by Crippen LogP contribution is 2.12. The Morgan fingerprint density at radius 3 is 1.65 bits per heavy atom. The Kier molecular flexibility index (Phi) is 17.0. The molecule has 4 unspecified atom stereocenters. The van der Waals surface area contributed by atoms with Gasteiger partial charge in [-0.25, -0.2) is 4.79 Å². The summed E-state index contributed by atoms with van der Waals surface area (Å²) in [5.74, 6) is -2.57. The monoisotopic (exact) mass is 444 g/mol. The van der Waals surface area contributed by atoms with Crippen molar-refractivity contribution in [1.29, 1.82) is 0 Å². The molecule has 4 atom stereocenters. The SMILES string of the molecule is CCCCCCCCCCCCCC(=O)NC(C(=O)NC(C(=O)O)C(O)CC)C(C)O. The molecule has 5 N–H and O–H groups in total. The molecule has 0 aliphatic heterocycles. The molecule has 0 aromatic rings. The van der Waals surface area contributed by atoms with E-state index in [0.717, 1.165) is 19.3 Å². The van der Waals surface area contributed by atoms with Gasteiger partial charge in [-0.3, -0.25) is 9.59 Å². The van der Waals surface area contributed by atoms with E-state index >= 15 is 0 Å². The lowest BCUT2D eigenvalue weighted by Gasteiger charge is -2.25. The average Bonchev–Trinajstić information content (AvgIpc) is 2.72. The predicted octanol–water partition coefficient (Wildman–Crippen LogP) is 2.89. The summed E-state index contributed by atoms with van der Waals surface area (Å²) in [4.78, 5) is 35.8. The smallest absolute Gasteiger partial charge is 0.328 e. The van der Waals surface area contributed by atoms with Crippen LogP contribution in [0.1, 0.15) is 104 Å². The third kappa shape index (κ3) is 14.1. The summed E-state index contributed by atoms with van der Waals surface area (Å²) in [6.45, 7) is 5.15. The molecule has 0 bridgehead atoms. The number of unbranched alkanes of at least 4 members (excludes halogenated alkanes) is 10. The van der Waals surface area contributed by atoms with Crippen LogP contribution in [-0.4, -0.2) is 57.4 Å². The number of carbonyl (C=O) groups is 3. The van der Waals surface area contributed by atoms with Crippen molar-refractivity contribution >= 4 is 17.8 Å². The molecule has 0 rings (SSSR count). The lowest BCUT2D eigenvalue weighted by molar-refractivity contribution is -0.146. The van der Waals surface area contributed by atoms with Gasteiger partial charge in [-0.15, -0.1) is 0 Å². The van der Waals surface area contributed by atoms with Gasteiger partial charge in [0.25, 0.3) is 0 Å². The Bertz CT molecular complexity index is 512. The zero-order chi connectivity index (χ0) is 23.6. The summed E-state index contributed by atoms with van der Waals surface area (Å²) in [6.07, 6.45) is 10.8. The van der Waals surface area contributed by atoms with E-state index in [2.05, 4.69) is 17.6 Å². The van der Waals surface area contributed by atoms with Crippen molar-refractivity contribution in [3.63, 3.8) is 0 Å². The number of carbonyl (C=O) groups excluding carboxylic acids is 2. The zero-order valence-electron chi connectivity index (χ0n) is 19.6. The Morgan fingerprint density at radius 2 is 1.23 bits per heavy atom. The minimum Gasteiger partial charge on any atom is -0.480 e. The highest BCUT2D eigenvalue weighted by Gasteiger charge is 2.32. The second-order valence-corrected chi connectivity index (χ2v) is 8.37. The molecule has 8 heteroatoms. The van der Waals surface area contributed by atoms with Crippen LogP contribution >= 0.6 is 0 Å². The number of hydrogen-bond donors (Lipinski definition) is 5. The number of carboxylic acids is 1. The molecular formula is C23H44N2O6. The van der Waals surface area contributed by atoms with Crippen LogP contribution in [0.4, 0.5) is 0 Å². The van der Waals surface area contributed by atoms with E-state index in [1.54, 1.807) is 6.92 Å². The summed E-state index contributed by atoms with van der Waals surface area (Å²) in [6, 6.07) is -2.77. The van der Waals surface area contributed by atoms with E-state index in [0.29, 0.717) is 6.42 Å². The van der Waals surface area contributed by atoms with Gasteiger partial charge >= 0.3 is 5.97 Å². The minimum absolute atomic E-state index is 0.141. The predicted molar refractivity (Wildman–Crippen MR) is 121 cm³/mol. The van der Waals surface area contributed by atoms with Crippen LogP contribution in [-0.2, 0) is 14.4 Å². The van der Waals surface area contributed by atoms with Gasteiger partial charge in [0.2, 0.25) is 11.8 Å². The first kappa shape index (κ1) is 29.3. The van der Waals surface area contributed by atoms with Crippen molar-refractivity contribution in [2.45, 2.75) is 129 Å². The first-order valence-electron chi connectivity index (χ1n) is 11.9. The molecule has 0 aliphatic rings. The molecule has 31 heavy (non-hydrogen) atoms. The minimum atomic E-state index is -1.50. The van der Waals surface area contributed by atoms with Crippen molar-refractivity contribution in [2.75, 3.05) is 0 Å². The Morgan fingerprint density at radius 1 is 0.742 bits per heavy atom. The summed E-state index contributed by atoms with van der Waals surface area (Å²) >= 11 is 0. The summed E-state index contributed by atoms with van der Waals surface area (Å²) in [7, 11) is 0. The molecule has 0 aromatic carbocycles. The quantitative estimate of drug-likeness (QED) is 0.194. The molecule has 0 saturated heterocycles. The zero-order valence-corrected chi connectivity index (χ0v) is 19.6. The molecule has 0 radical (unpaired) electrons. The van der Waals surface area contributed by atoms with Crippen LogP contribution < -0.4 is 10.6 Å². The standard InChI is InChI=1S/C23H44N2O6/c1-4-6-7-8-9-10-11-12-13-14-15-16-19(28)24-20(17(3)26)22(29)25-21(23(30)31)18(27)5-2/h17-18,20-21,26-27H,4-16H2,1-3H3,(H,24,28)(H,25,29)(H,30,31). The van der Waals surface area contributed by atoms with E-state index in [1.807, 2.05) is 0 Å². The fraction of sp³-hybridized carbons (Fsp3) is 0.870. The van der Waals surface area contributed by atoms with Gasteiger partial charge in [0.1, 0.15) is 6.04 Å². The van der Waals surface area contributed by atoms with Crippen molar-refractivity contribution < 1.29 is 29.7 Å². The van der Waals surface area contributed by atoms with Crippen molar-refractivity contribution in [3.05, 3.63) is 0 Å². The number of rotatable bonds is 19. The van der Waals surface area contributed by atoms with Gasteiger partial charge in [0.15, 0.2) is 6.04 Å². The number of nitrogens with one attached hydrogen (secondary N) is 2. The van der Waals surface area contributed by atoms with Crippen LogP contribution in [0.15, 0.2) is 0 Å². The van der Waals surface area contributed by atoms with Gasteiger partial charge < -0.3 is 26.0 Å². The lowest BCUT2D eigenvalue weighted by atomic mass is 10.0. The number of aliphatic hydroxyl groups excluding tert-OH is 2. The Hall–Kier alpha value is -1.67. The first-order valence-corrected chi connectivity index (χ1v) is 11.9. The van der Waals surface area contributed by atoms with Gasteiger partial charge in [0.05, 0.1) is 12.2 Å².